The Morgan fingerprint density at radius 1 is 1.18 bits per heavy atom. The number of imidazole rings is 1. The SMILES string of the molecule is OC1(c2cn(Cc3cn4cccnc4n3)nn2)CCCCC1. The van der Waals surface area contributed by atoms with Crippen LogP contribution in [0.4, 0.5) is 0 Å². The molecule has 0 aromatic carbocycles. The number of fused-ring (bicyclic) bond motifs is 1. The van der Waals surface area contributed by atoms with Gasteiger partial charge in [0.15, 0.2) is 0 Å². The molecule has 0 atom stereocenters. The first-order valence-electron chi connectivity index (χ1n) is 7.65. The quantitative estimate of drug-likeness (QED) is 0.793. The number of nitrogens with zero attached hydrogens (tertiary/aromatic N) is 6. The lowest BCUT2D eigenvalue weighted by atomic mass is 9.83. The molecule has 0 bridgehead atoms. The highest BCUT2D eigenvalue weighted by molar-refractivity contribution is 5.29. The minimum absolute atomic E-state index is 0.520. The summed E-state index contributed by atoms with van der Waals surface area (Å²) in [5, 5.41) is 19.0. The summed E-state index contributed by atoms with van der Waals surface area (Å²) in [5.41, 5.74) is 0.733. The van der Waals surface area contributed by atoms with E-state index in [1.807, 2.05) is 29.1 Å². The van der Waals surface area contributed by atoms with Gasteiger partial charge in [0.1, 0.15) is 11.3 Å². The Morgan fingerprint density at radius 3 is 2.86 bits per heavy atom. The molecule has 3 aromatic heterocycles. The monoisotopic (exact) mass is 298 g/mol. The highest BCUT2D eigenvalue weighted by atomic mass is 16.3. The van der Waals surface area contributed by atoms with Crippen LogP contribution in [0, 0.1) is 0 Å². The first-order valence-corrected chi connectivity index (χ1v) is 7.65. The molecule has 1 N–H and O–H groups in total. The second-order valence-electron chi connectivity index (χ2n) is 5.95. The molecule has 0 aliphatic heterocycles. The van der Waals surface area contributed by atoms with Gasteiger partial charge in [0.25, 0.3) is 0 Å². The average Bonchev–Trinajstić information content (AvgIpc) is 3.15. The Kier molecular flexibility index (Phi) is 3.15. The van der Waals surface area contributed by atoms with Crippen LogP contribution in [-0.2, 0) is 12.1 Å². The van der Waals surface area contributed by atoms with Gasteiger partial charge in [-0.1, -0.05) is 24.5 Å². The topological polar surface area (TPSA) is 81.1 Å². The van der Waals surface area contributed by atoms with Crippen LogP contribution in [0.25, 0.3) is 5.78 Å². The smallest absolute Gasteiger partial charge is 0.233 e. The van der Waals surface area contributed by atoms with Crippen LogP contribution >= 0.6 is 0 Å². The van der Waals surface area contributed by atoms with Crippen molar-refractivity contribution in [3.63, 3.8) is 0 Å². The lowest BCUT2D eigenvalue weighted by Gasteiger charge is -2.29. The fraction of sp³-hybridized carbons (Fsp3) is 0.467. The molecule has 0 saturated heterocycles. The van der Waals surface area contributed by atoms with Crippen molar-refractivity contribution < 1.29 is 5.11 Å². The second-order valence-corrected chi connectivity index (χ2v) is 5.95. The Labute approximate surface area is 127 Å². The maximum absolute atomic E-state index is 10.7. The molecule has 1 aliphatic rings. The summed E-state index contributed by atoms with van der Waals surface area (Å²) in [6.45, 7) is 0.520. The largest absolute Gasteiger partial charge is 0.383 e. The first kappa shape index (κ1) is 13.4. The van der Waals surface area contributed by atoms with Crippen molar-refractivity contribution in [2.45, 2.75) is 44.2 Å². The Bertz CT molecular complexity index is 753. The highest BCUT2D eigenvalue weighted by Gasteiger charge is 2.33. The van der Waals surface area contributed by atoms with Crippen molar-refractivity contribution >= 4 is 5.78 Å². The molecule has 1 fully saturated rings. The number of rotatable bonds is 3. The molecule has 7 heteroatoms. The lowest BCUT2D eigenvalue weighted by Crippen LogP contribution is -2.28. The van der Waals surface area contributed by atoms with Crippen LogP contribution < -0.4 is 0 Å². The van der Waals surface area contributed by atoms with Gasteiger partial charge in [0.2, 0.25) is 5.78 Å². The summed E-state index contributed by atoms with van der Waals surface area (Å²) in [5.74, 6) is 0.670. The van der Waals surface area contributed by atoms with Gasteiger partial charge in [0.05, 0.1) is 18.4 Å². The molecule has 3 aromatic rings. The van der Waals surface area contributed by atoms with Crippen molar-refractivity contribution in [3.8, 4) is 0 Å². The molecule has 7 nitrogen and oxygen atoms in total. The third-order valence-corrected chi connectivity index (χ3v) is 4.31. The van der Waals surface area contributed by atoms with Crippen molar-refractivity contribution in [1.29, 1.82) is 0 Å². The minimum Gasteiger partial charge on any atom is -0.383 e. The molecule has 0 spiro atoms. The van der Waals surface area contributed by atoms with Crippen LogP contribution in [0.5, 0.6) is 0 Å². The van der Waals surface area contributed by atoms with E-state index in [0.29, 0.717) is 18.0 Å². The summed E-state index contributed by atoms with van der Waals surface area (Å²) in [7, 11) is 0. The summed E-state index contributed by atoms with van der Waals surface area (Å²) in [6, 6.07) is 1.87. The van der Waals surface area contributed by atoms with Gasteiger partial charge in [-0.25, -0.2) is 14.6 Å². The third kappa shape index (κ3) is 2.37. The van der Waals surface area contributed by atoms with Crippen molar-refractivity contribution in [2.75, 3.05) is 0 Å². The van der Waals surface area contributed by atoms with Crippen LogP contribution in [-0.4, -0.2) is 34.5 Å². The fourth-order valence-electron chi connectivity index (χ4n) is 3.10. The van der Waals surface area contributed by atoms with Crippen LogP contribution in [0.3, 0.4) is 0 Å². The number of hydrogen-bond donors (Lipinski definition) is 1. The van der Waals surface area contributed by atoms with Gasteiger partial charge >= 0.3 is 0 Å². The average molecular weight is 298 g/mol. The van der Waals surface area contributed by atoms with Gasteiger partial charge in [0, 0.05) is 18.6 Å². The normalized spacial score (nSPS) is 17.9. The summed E-state index contributed by atoms with van der Waals surface area (Å²) in [4.78, 5) is 8.65. The lowest BCUT2D eigenvalue weighted by molar-refractivity contribution is -0.00474. The van der Waals surface area contributed by atoms with Crippen molar-refractivity contribution in [1.82, 2.24) is 29.4 Å². The van der Waals surface area contributed by atoms with Gasteiger partial charge in [-0.15, -0.1) is 5.10 Å². The molecule has 4 rings (SSSR count). The number of aromatic nitrogens is 6. The minimum atomic E-state index is -0.809. The summed E-state index contributed by atoms with van der Waals surface area (Å²) >= 11 is 0. The van der Waals surface area contributed by atoms with E-state index in [2.05, 4.69) is 20.3 Å². The predicted octanol–water partition coefficient (Wildman–Crippen LogP) is 1.52. The van der Waals surface area contributed by atoms with E-state index in [4.69, 9.17) is 0 Å². The van der Waals surface area contributed by atoms with E-state index in [9.17, 15) is 5.11 Å². The van der Waals surface area contributed by atoms with Crippen molar-refractivity contribution in [2.24, 2.45) is 0 Å². The number of hydrogen-bond acceptors (Lipinski definition) is 5. The van der Waals surface area contributed by atoms with E-state index in [0.717, 1.165) is 31.4 Å². The summed E-state index contributed by atoms with van der Waals surface area (Å²) in [6.07, 6.45) is 12.2. The van der Waals surface area contributed by atoms with Gasteiger partial charge in [-0.3, -0.25) is 4.40 Å². The van der Waals surface area contributed by atoms with Gasteiger partial charge in [-0.2, -0.15) is 0 Å². The zero-order chi connectivity index (χ0) is 15.0. The molecule has 0 radical (unpaired) electrons. The van der Waals surface area contributed by atoms with E-state index < -0.39 is 5.60 Å². The van der Waals surface area contributed by atoms with Crippen LogP contribution in [0.1, 0.15) is 43.5 Å². The Morgan fingerprint density at radius 2 is 2.05 bits per heavy atom. The zero-order valence-corrected chi connectivity index (χ0v) is 12.3. The summed E-state index contributed by atoms with van der Waals surface area (Å²) < 4.78 is 3.60. The third-order valence-electron chi connectivity index (χ3n) is 4.31. The maximum Gasteiger partial charge on any atom is 0.233 e. The molecular weight excluding hydrogens is 280 g/mol. The first-order chi connectivity index (χ1) is 10.7. The fourth-order valence-corrected chi connectivity index (χ4v) is 3.10. The van der Waals surface area contributed by atoms with E-state index in [1.165, 1.54) is 6.42 Å². The molecule has 1 aliphatic carbocycles. The molecule has 22 heavy (non-hydrogen) atoms. The zero-order valence-electron chi connectivity index (χ0n) is 12.3. The Balaban J connectivity index is 1.56. The van der Waals surface area contributed by atoms with Gasteiger partial charge in [-0.05, 0) is 18.9 Å². The van der Waals surface area contributed by atoms with Crippen molar-refractivity contribution in [3.05, 3.63) is 42.2 Å². The number of aliphatic hydroxyl groups is 1. The predicted molar refractivity (Wildman–Crippen MR) is 79.1 cm³/mol. The van der Waals surface area contributed by atoms with Gasteiger partial charge < -0.3 is 5.11 Å². The standard InChI is InChI=1S/C15H18N6O/c22-15(5-2-1-3-6-15)13-11-21(19-18-13)10-12-9-20-8-4-7-16-14(20)17-12/h4,7-9,11,22H,1-3,5-6,10H2. The molecular formula is C15H18N6O. The van der Waals surface area contributed by atoms with Crippen LogP contribution in [0.15, 0.2) is 30.9 Å². The second kappa shape index (κ2) is 5.17. The molecule has 1 saturated carbocycles. The highest BCUT2D eigenvalue weighted by Crippen LogP contribution is 2.35. The molecule has 114 valence electrons. The molecule has 0 unspecified atom stereocenters. The van der Waals surface area contributed by atoms with Crippen LogP contribution in [0.2, 0.25) is 0 Å². The van der Waals surface area contributed by atoms with E-state index in [-0.39, 0.29) is 0 Å². The Hall–Kier alpha value is -2.28. The maximum atomic E-state index is 10.7. The molecule has 3 heterocycles. The molecule has 0 amide bonds. The van der Waals surface area contributed by atoms with E-state index in [1.54, 1.807) is 10.9 Å². The van der Waals surface area contributed by atoms with E-state index >= 15 is 0 Å².